The molecule has 4 heterocycles. The quantitative estimate of drug-likeness (QED) is 0.0235. The predicted octanol–water partition coefficient (Wildman–Crippen LogP) is -4.85. The largest absolute Gasteiger partial charge is 0.479 e. The summed E-state index contributed by atoms with van der Waals surface area (Å²) in [5, 5.41) is 84.8. The molecule has 5 unspecified atom stereocenters. The molecule has 0 bridgehead atoms. The first-order chi connectivity index (χ1) is 38.3. The van der Waals surface area contributed by atoms with Crippen molar-refractivity contribution in [3.8, 4) is 0 Å². The van der Waals surface area contributed by atoms with E-state index in [1.165, 1.54) is 11.8 Å². The van der Waals surface area contributed by atoms with Crippen LogP contribution >= 0.6 is 0 Å². The third-order valence-corrected chi connectivity index (χ3v) is 15.2. The highest BCUT2D eigenvalue weighted by Gasteiger charge is 2.48. The smallest absolute Gasteiger partial charge is 0.335 e. The Bertz CT molecular complexity index is 2270. The van der Waals surface area contributed by atoms with Crippen LogP contribution in [-0.4, -0.2) is 233 Å². The van der Waals surface area contributed by atoms with Crippen molar-refractivity contribution < 1.29 is 93.2 Å². The van der Waals surface area contributed by atoms with Gasteiger partial charge in [0, 0.05) is 26.2 Å². The number of aliphatic hydroxyl groups excluding tert-OH is 5. The highest BCUT2D eigenvalue weighted by atomic mass is 16.5. The van der Waals surface area contributed by atoms with Crippen LogP contribution in [0, 0.1) is 5.92 Å². The number of carboxylic acids is 2. The number of carbonyl (C=O) groups excluding carboxylic acids is 9. The fourth-order valence-electron chi connectivity index (χ4n) is 10.4. The van der Waals surface area contributed by atoms with Crippen molar-refractivity contribution in [1.29, 1.82) is 0 Å². The molecule has 0 aromatic rings. The van der Waals surface area contributed by atoms with E-state index < -0.39 is 164 Å². The molecular weight excluding hydrogens is 1070 g/mol. The monoisotopic (exact) mass is 1150 g/mol. The summed E-state index contributed by atoms with van der Waals surface area (Å²) in [6.45, 7) is 3.60. The molecule has 4 rings (SSSR count). The highest BCUT2D eigenvalue weighted by Crippen LogP contribution is 2.27. The SMILES string of the molecule is CCC(C)CCCCCCCCC1CC(=O)N[C@@H](C(C)O)C(=O)N2CCC[C@H]2C(=O)N2CCC[C@H]2C(=O)N[C@@H](CCCN=C(N)N)C(=O)N[C@@H](C(O)C(=O)O)C(=O)N[C@@H](CO)C(=O)N2CC[C@@H](O)[C@H]2C(=O)N[C@@H](C(O)C(=O)O)C(=O)O1. The first-order valence-corrected chi connectivity index (χ1v) is 27.8. The molecule has 16 N–H and O–H groups in total. The average Bonchev–Trinajstić information content (AvgIpc) is 4.23. The number of ether oxygens (including phenoxy) is 1. The third-order valence-electron chi connectivity index (χ3n) is 15.2. The number of fused-ring (bicyclic) bond motifs is 3. The first-order valence-electron chi connectivity index (χ1n) is 27.8. The van der Waals surface area contributed by atoms with E-state index >= 15 is 0 Å². The van der Waals surface area contributed by atoms with Crippen LogP contribution in [0.2, 0.25) is 0 Å². The van der Waals surface area contributed by atoms with Gasteiger partial charge >= 0.3 is 17.9 Å². The van der Waals surface area contributed by atoms with E-state index in [0.717, 1.165) is 43.4 Å². The Balaban J connectivity index is 1.78. The van der Waals surface area contributed by atoms with Crippen molar-refractivity contribution in [2.75, 3.05) is 32.8 Å². The maximum Gasteiger partial charge on any atom is 0.335 e. The van der Waals surface area contributed by atoms with Gasteiger partial charge in [-0.05, 0) is 70.6 Å². The molecule has 30 heteroatoms. The number of cyclic esters (lactones) is 1. The summed E-state index contributed by atoms with van der Waals surface area (Å²) in [7, 11) is 0. The van der Waals surface area contributed by atoms with Gasteiger partial charge in [-0.1, -0.05) is 58.8 Å². The molecule has 0 radical (unpaired) electrons. The molecule has 456 valence electrons. The summed E-state index contributed by atoms with van der Waals surface area (Å²) >= 11 is 0. The highest BCUT2D eigenvalue weighted by molar-refractivity contribution is 6.00. The number of nitrogens with two attached hydrogens (primary N) is 2. The average molecular weight is 1150 g/mol. The fraction of sp³-hybridized carbons (Fsp3) is 0.765. The second kappa shape index (κ2) is 32.0. The second-order valence-electron chi connectivity index (χ2n) is 21.3. The van der Waals surface area contributed by atoms with Crippen LogP contribution in [0.15, 0.2) is 4.99 Å². The Kier molecular flexibility index (Phi) is 26.4. The predicted molar refractivity (Wildman–Crippen MR) is 282 cm³/mol. The Morgan fingerprint density at radius 3 is 1.83 bits per heavy atom. The number of nitrogens with zero attached hydrogens (tertiary/aromatic N) is 4. The minimum absolute atomic E-state index is 0.00861. The van der Waals surface area contributed by atoms with Crippen molar-refractivity contribution in [3.05, 3.63) is 0 Å². The minimum Gasteiger partial charge on any atom is -0.479 e. The van der Waals surface area contributed by atoms with Gasteiger partial charge in [0.15, 0.2) is 24.2 Å². The minimum atomic E-state index is -2.76. The molecular formula is C51H83N11O19. The maximum absolute atomic E-state index is 14.5. The number of unbranched alkanes of at least 4 members (excludes halogenated alkanes) is 5. The van der Waals surface area contributed by atoms with Crippen molar-refractivity contribution in [2.24, 2.45) is 22.4 Å². The van der Waals surface area contributed by atoms with Gasteiger partial charge in [-0.15, -0.1) is 0 Å². The van der Waals surface area contributed by atoms with Crippen LogP contribution in [-0.2, 0) is 57.5 Å². The van der Waals surface area contributed by atoms with Crippen molar-refractivity contribution >= 4 is 71.1 Å². The van der Waals surface area contributed by atoms with Gasteiger partial charge in [0.05, 0.1) is 25.2 Å². The zero-order valence-corrected chi connectivity index (χ0v) is 46.1. The lowest BCUT2D eigenvalue weighted by molar-refractivity contribution is -0.165. The standard InChI is InChI=1S/C51H83N11O19/c1-4-26(2)14-9-7-5-6-8-10-15-28-24-34(66)57-35(27(3)64)47(75)61-22-13-18-32(61)46(74)60-21-12-17-31(60)42(70)55-29(16-11-20-54-51(52)53)41(69)58-36(39(67)48(76)77)43(71)56-30(25-63)45(73)62-23-19-33(65)38(62)44(72)59-37(50(80)81-28)40(68)49(78)79/h26-33,35-40,63-65,67-68H,4-25H2,1-3H3,(H,55,70)(H,56,71)(H,57,66)(H,58,69)(H,59,72)(H,76,77)(H,78,79)(H4,52,53,54)/t26?,27?,28?,29-,30-,31-,32-,33+,35-,36-,37-,38-,39?,40?/m0/s1. The lowest BCUT2D eigenvalue weighted by Gasteiger charge is -2.34. The number of carboxylic acid groups (broad SMARTS) is 2. The number of aliphatic hydroxyl groups is 5. The van der Waals surface area contributed by atoms with Crippen molar-refractivity contribution in [2.45, 2.75) is 209 Å². The third kappa shape index (κ3) is 18.9. The Morgan fingerprint density at radius 1 is 0.642 bits per heavy atom. The van der Waals surface area contributed by atoms with Crippen LogP contribution in [0.5, 0.6) is 0 Å². The van der Waals surface area contributed by atoms with E-state index in [2.05, 4.69) is 34.8 Å². The molecule has 4 aliphatic rings. The first kappa shape index (κ1) is 66.7. The molecule has 14 atom stereocenters. The lowest BCUT2D eigenvalue weighted by Crippen LogP contribution is -2.64. The molecule has 4 aliphatic heterocycles. The van der Waals surface area contributed by atoms with E-state index in [1.807, 2.05) is 10.6 Å². The summed E-state index contributed by atoms with van der Waals surface area (Å²) in [4.78, 5) is 158. The van der Waals surface area contributed by atoms with Crippen molar-refractivity contribution in [1.82, 2.24) is 41.3 Å². The van der Waals surface area contributed by atoms with E-state index in [0.29, 0.717) is 23.7 Å². The summed E-state index contributed by atoms with van der Waals surface area (Å²) in [6.07, 6.45) is -4.36. The normalized spacial score (nSPS) is 28.5. The van der Waals surface area contributed by atoms with E-state index in [1.54, 1.807) is 0 Å². The zero-order valence-electron chi connectivity index (χ0n) is 46.1. The van der Waals surface area contributed by atoms with Gasteiger partial charge in [-0.3, -0.25) is 43.3 Å². The summed E-state index contributed by atoms with van der Waals surface area (Å²) in [5.74, 6) is -14.5. The van der Waals surface area contributed by atoms with Crippen molar-refractivity contribution in [3.63, 3.8) is 0 Å². The molecule has 0 aliphatic carbocycles. The van der Waals surface area contributed by atoms with E-state index in [4.69, 9.17) is 16.2 Å². The van der Waals surface area contributed by atoms with Crippen LogP contribution in [0.1, 0.15) is 130 Å². The summed E-state index contributed by atoms with van der Waals surface area (Å²) < 4.78 is 5.66. The topological polar surface area (TPSA) is 473 Å². The molecule has 0 spiro atoms. The molecule has 4 fully saturated rings. The molecule has 8 amide bonds. The van der Waals surface area contributed by atoms with Gasteiger partial charge < -0.3 is 93.2 Å². The lowest BCUT2D eigenvalue weighted by atomic mass is 9.99. The summed E-state index contributed by atoms with van der Waals surface area (Å²) in [5.41, 5.74) is 10.9. The Hall–Kier alpha value is -6.76. The van der Waals surface area contributed by atoms with Gasteiger partial charge in [0.2, 0.25) is 47.3 Å². The maximum atomic E-state index is 14.5. The van der Waals surface area contributed by atoms with Crippen LogP contribution in [0.4, 0.5) is 0 Å². The van der Waals surface area contributed by atoms with Gasteiger partial charge in [0.1, 0.15) is 48.4 Å². The second-order valence-corrected chi connectivity index (χ2v) is 21.3. The van der Waals surface area contributed by atoms with Crippen LogP contribution in [0.3, 0.4) is 0 Å². The zero-order chi connectivity index (χ0) is 60.2. The van der Waals surface area contributed by atoms with Crippen LogP contribution in [0.25, 0.3) is 0 Å². The van der Waals surface area contributed by atoms with E-state index in [-0.39, 0.29) is 77.0 Å². The fourth-order valence-corrected chi connectivity index (χ4v) is 10.4. The van der Waals surface area contributed by atoms with Crippen LogP contribution < -0.4 is 38.1 Å². The Morgan fingerprint density at radius 2 is 1.22 bits per heavy atom. The molecule has 0 saturated carbocycles. The number of guanidine groups is 1. The number of amides is 8. The number of aliphatic imine (C=N–C) groups is 1. The Labute approximate surface area is 468 Å². The number of hydrogen-bond acceptors (Lipinski definition) is 18. The molecule has 81 heavy (non-hydrogen) atoms. The number of nitrogens with one attached hydrogen (secondary N) is 5. The number of carbonyl (C=O) groups is 11. The number of aliphatic carboxylic acids is 2. The van der Waals surface area contributed by atoms with Gasteiger partial charge in [-0.2, -0.15) is 0 Å². The molecule has 30 nitrogen and oxygen atoms in total. The van der Waals surface area contributed by atoms with E-state index in [9.17, 15) is 88.5 Å². The van der Waals surface area contributed by atoms with Gasteiger partial charge in [0.25, 0.3) is 0 Å². The molecule has 0 aromatic carbocycles. The number of hydrogen-bond donors (Lipinski definition) is 14. The molecule has 4 saturated heterocycles. The number of esters is 1. The van der Waals surface area contributed by atoms with Gasteiger partial charge in [-0.25, -0.2) is 14.4 Å². The number of rotatable bonds is 20. The summed E-state index contributed by atoms with van der Waals surface area (Å²) in [6, 6.07) is -14.9. The molecule has 0 aromatic heterocycles.